The Hall–Kier alpha value is -2.00. The Bertz CT molecular complexity index is 559. The van der Waals surface area contributed by atoms with Crippen molar-refractivity contribution < 1.29 is 14.5 Å². The third kappa shape index (κ3) is 3.37. The van der Waals surface area contributed by atoms with Crippen LogP contribution in [0.1, 0.15) is 16.6 Å². The maximum atomic E-state index is 12.5. The minimum Gasteiger partial charge on any atom is -0.355 e. The number of nitro groups is 1. The number of piperazine rings is 1. The zero-order valence-electron chi connectivity index (χ0n) is 11.5. The van der Waals surface area contributed by atoms with E-state index in [9.17, 15) is 19.7 Å². The van der Waals surface area contributed by atoms with Gasteiger partial charge in [0.15, 0.2) is 0 Å². The molecule has 21 heavy (non-hydrogen) atoms. The van der Waals surface area contributed by atoms with E-state index in [1.165, 1.54) is 17.0 Å². The molecule has 8 nitrogen and oxygen atoms in total. The summed E-state index contributed by atoms with van der Waals surface area (Å²) in [6, 6.07) is 2.15. The van der Waals surface area contributed by atoms with Crippen molar-refractivity contribution in [1.82, 2.24) is 15.5 Å². The first-order valence-electron chi connectivity index (χ1n) is 6.58. The van der Waals surface area contributed by atoms with Gasteiger partial charge in [-0.05, 0) is 13.0 Å². The van der Waals surface area contributed by atoms with Gasteiger partial charge in [-0.25, -0.2) is 0 Å². The SMILES string of the molecule is CCNC(=O)C1CNCCN1C(=O)c1ccc([N+](=O)[O-])s1. The lowest BCUT2D eigenvalue weighted by atomic mass is 10.1. The molecular weight excluding hydrogens is 296 g/mol. The van der Waals surface area contributed by atoms with Crippen LogP contribution in [0, 0.1) is 10.1 Å². The maximum absolute atomic E-state index is 12.5. The predicted molar refractivity (Wildman–Crippen MR) is 77.4 cm³/mol. The van der Waals surface area contributed by atoms with Gasteiger partial charge in [-0.15, -0.1) is 0 Å². The number of carbonyl (C=O) groups excluding carboxylic acids is 2. The summed E-state index contributed by atoms with van der Waals surface area (Å²) < 4.78 is 0. The quantitative estimate of drug-likeness (QED) is 0.611. The minimum atomic E-state index is -0.590. The van der Waals surface area contributed by atoms with Crippen LogP contribution in [-0.4, -0.2) is 53.9 Å². The van der Waals surface area contributed by atoms with E-state index in [1.54, 1.807) is 0 Å². The number of carbonyl (C=O) groups is 2. The molecule has 0 aliphatic carbocycles. The van der Waals surface area contributed by atoms with Gasteiger partial charge in [0.2, 0.25) is 5.91 Å². The average molecular weight is 312 g/mol. The molecule has 2 rings (SSSR count). The Morgan fingerprint density at radius 3 is 2.95 bits per heavy atom. The van der Waals surface area contributed by atoms with Gasteiger partial charge in [-0.2, -0.15) is 0 Å². The number of nitrogens with one attached hydrogen (secondary N) is 2. The molecule has 2 amide bonds. The summed E-state index contributed by atoms with van der Waals surface area (Å²) in [5.41, 5.74) is 0. The van der Waals surface area contributed by atoms with E-state index in [2.05, 4.69) is 10.6 Å². The molecule has 0 saturated carbocycles. The molecule has 1 atom stereocenters. The molecule has 1 saturated heterocycles. The maximum Gasteiger partial charge on any atom is 0.324 e. The van der Waals surface area contributed by atoms with Crippen LogP contribution in [0.25, 0.3) is 0 Å². The van der Waals surface area contributed by atoms with Gasteiger partial charge in [0.05, 0.1) is 9.80 Å². The molecule has 1 aromatic rings. The molecule has 1 aliphatic rings. The van der Waals surface area contributed by atoms with E-state index in [0.717, 1.165) is 11.3 Å². The molecular formula is C12H16N4O4S. The third-order valence-electron chi connectivity index (χ3n) is 3.14. The molecule has 9 heteroatoms. The van der Waals surface area contributed by atoms with Gasteiger partial charge < -0.3 is 15.5 Å². The van der Waals surface area contributed by atoms with E-state index in [-0.39, 0.29) is 21.7 Å². The van der Waals surface area contributed by atoms with Crippen molar-refractivity contribution in [2.75, 3.05) is 26.2 Å². The second-order valence-electron chi connectivity index (χ2n) is 4.51. The molecule has 1 aliphatic heterocycles. The first kappa shape index (κ1) is 15.4. The highest BCUT2D eigenvalue weighted by atomic mass is 32.1. The van der Waals surface area contributed by atoms with Gasteiger partial charge in [0.25, 0.3) is 5.91 Å². The molecule has 0 spiro atoms. The van der Waals surface area contributed by atoms with E-state index >= 15 is 0 Å². The van der Waals surface area contributed by atoms with Crippen LogP contribution in [0.3, 0.4) is 0 Å². The van der Waals surface area contributed by atoms with E-state index < -0.39 is 11.0 Å². The smallest absolute Gasteiger partial charge is 0.324 e. The summed E-state index contributed by atoms with van der Waals surface area (Å²) in [5, 5.41) is 16.4. The number of nitrogens with zero attached hydrogens (tertiary/aromatic N) is 2. The van der Waals surface area contributed by atoms with Gasteiger partial charge in [-0.1, -0.05) is 11.3 Å². The van der Waals surface area contributed by atoms with Crippen LogP contribution in [0.5, 0.6) is 0 Å². The number of amides is 2. The van der Waals surface area contributed by atoms with E-state index in [4.69, 9.17) is 0 Å². The second-order valence-corrected chi connectivity index (χ2v) is 5.57. The summed E-state index contributed by atoms with van der Waals surface area (Å²) in [5.74, 6) is -0.560. The fourth-order valence-corrected chi connectivity index (χ4v) is 2.93. The van der Waals surface area contributed by atoms with Crippen LogP contribution in [0.15, 0.2) is 12.1 Å². The Balaban J connectivity index is 2.17. The highest BCUT2D eigenvalue weighted by Gasteiger charge is 2.33. The summed E-state index contributed by atoms with van der Waals surface area (Å²) in [7, 11) is 0. The molecule has 1 aromatic heterocycles. The van der Waals surface area contributed by atoms with Gasteiger partial charge in [-0.3, -0.25) is 19.7 Å². The van der Waals surface area contributed by atoms with Crippen molar-refractivity contribution in [2.24, 2.45) is 0 Å². The topological polar surface area (TPSA) is 105 Å². The first-order valence-corrected chi connectivity index (χ1v) is 7.40. The Labute approximate surface area is 125 Å². The molecule has 114 valence electrons. The predicted octanol–water partition coefficient (Wildman–Crippen LogP) is 0.206. The van der Waals surface area contributed by atoms with Crippen LogP contribution < -0.4 is 10.6 Å². The number of likely N-dealkylation sites (N-methyl/N-ethyl adjacent to an activating group) is 1. The van der Waals surface area contributed by atoms with Crippen LogP contribution in [-0.2, 0) is 4.79 Å². The van der Waals surface area contributed by atoms with E-state index in [1.807, 2.05) is 6.92 Å². The molecule has 1 fully saturated rings. The zero-order valence-corrected chi connectivity index (χ0v) is 12.3. The standard InChI is InChI=1S/C12H16N4O4S/c1-2-14-11(17)8-7-13-5-6-15(8)12(18)9-3-4-10(21-9)16(19)20/h3-4,8,13H,2,5-7H2,1H3,(H,14,17). The van der Waals surface area contributed by atoms with E-state index in [0.29, 0.717) is 26.2 Å². The molecule has 0 bridgehead atoms. The largest absolute Gasteiger partial charge is 0.355 e. The van der Waals surface area contributed by atoms with Crippen LogP contribution in [0.4, 0.5) is 5.00 Å². The normalized spacial score (nSPS) is 18.3. The van der Waals surface area contributed by atoms with Crippen molar-refractivity contribution in [2.45, 2.75) is 13.0 Å². The molecule has 0 radical (unpaired) electrons. The Morgan fingerprint density at radius 1 is 1.57 bits per heavy atom. The highest BCUT2D eigenvalue weighted by Crippen LogP contribution is 2.25. The highest BCUT2D eigenvalue weighted by molar-refractivity contribution is 7.17. The number of thiophene rings is 1. The molecule has 2 N–H and O–H groups in total. The number of rotatable bonds is 4. The fourth-order valence-electron chi connectivity index (χ4n) is 2.16. The van der Waals surface area contributed by atoms with Crippen molar-refractivity contribution in [3.63, 3.8) is 0 Å². The van der Waals surface area contributed by atoms with Crippen LogP contribution in [0.2, 0.25) is 0 Å². The Morgan fingerprint density at radius 2 is 2.33 bits per heavy atom. The van der Waals surface area contributed by atoms with Crippen molar-refractivity contribution in [3.8, 4) is 0 Å². The number of hydrogen-bond acceptors (Lipinski definition) is 6. The van der Waals surface area contributed by atoms with Crippen molar-refractivity contribution >= 4 is 28.2 Å². The monoisotopic (exact) mass is 312 g/mol. The van der Waals surface area contributed by atoms with Gasteiger partial charge >= 0.3 is 5.00 Å². The van der Waals surface area contributed by atoms with Crippen LogP contribution >= 0.6 is 11.3 Å². The summed E-state index contributed by atoms with van der Waals surface area (Å²) >= 11 is 0.827. The van der Waals surface area contributed by atoms with Gasteiger partial charge in [0, 0.05) is 32.2 Å². The lowest BCUT2D eigenvalue weighted by molar-refractivity contribution is -0.380. The minimum absolute atomic E-state index is 0.0805. The Kier molecular flexibility index (Phi) is 4.86. The molecule has 1 unspecified atom stereocenters. The lowest BCUT2D eigenvalue weighted by Crippen LogP contribution is -2.59. The first-order chi connectivity index (χ1) is 10.0. The third-order valence-corrected chi connectivity index (χ3v) is 4.17. The van der Waals surface area contributed by atoms with Gasteiger partial charge in [0.1, 0.15) is 6.04 Å². The average Bonchev–Trinajstić information content (AvgIpc) is 2.97. The fraction of sp³-hybridized carbons (Fsp3) is 0.500. The summed E-state index contributed by atoms with van der Waals surface area (Å²) in [6.45, 7) is 3.66. The molecule has 0 aromatic carbocycles. The lowest BCUT2D eigenvalue weighted by Gasteiger charge is -2.34. The van der Waals surface area contributed by atoms with Crippen molar-refractivity contribution in [1.29, 1.82) is 0 Å². The summed E-state index contributed by atoms with van der Waals surface area (Å²) in [6.07, 6.45) is 0. The van der Waals surface area contributed by atoms with Crippen molar-refractivity contribution in [3.05, 3.63) is 27.1 Å². The second kappa shape index (κ2) is 6.64. The molecule has 2 heterocycles. The summed E-state index contributed by atoms with van der Waals surface area (Å²) in [4.78, 5) is 36.4. The zero-order chi connectivity index (χ0) is 15.4. The number of hydrogen-bond donors (Lipinski definition) is 2.